The maximum atomic E-state index is 13.0. The summed E-state index contributed by atoms with van der Waals surface area (Å²) in [5.41, 5.74) is 3.72. The predicted octanol–water partition coefficient (Wildman–Crippen LogP) is 1.91. The van der Waals surface area contributed by atoms with Gasteiger partial charge in [0, 0.05) is 18.4 Å². The second-order valence-corrected chi connectivity index (χ2v) is 9.81. The number of hydrogen-bond donors (Lipinski definition) is 1. The Kier molecular flexibility index (Phi) is 8.69. The van der Waals surface area contributed by atoms with E-state index in [4.69, 9.17) is 10.5 Å². The summed E-state index contributed by atoms with van der Waals surface area (Å²) < 4.78 is 71.5. The third-order valence-corrected chi connectivity index (χ3v) is 5.81. The van der Waals surface area contributed by atoms with Gasteiger partial charge in [-0.25, -0.2) is 13.4 Å². The largest absolute Gasteiger partial charge is 0.463 e. The average Bonchev–Trinajstić information content (AvgIpc) is 3.19. The van der Waals surface area contributed by atoms with Gasteiger partial charge in [0.1, 0.15) is 18.8 Å². The van der Waals surface area contributed by atoms with Gasteiger partial charge in [-0.3, -0.25) is 9.79 Å². The molecule has 33 heavy (non-hydrogen) atoms. The number of likely N-dealkylation sites (N-methyl/N-ethyl adjacent to an activating group) is 1. The Balaban J connectivity index is 2.35. The van der Waals surface area contributed by atoms with E-state index in [1.54, 1.807) is 25.1 Å². The van der Waals surface area contributed by atoms with Crippen molar-refractivity contribution >= 4 is 33.1 Å². The zero-order valence-corrected chi connectivity index (χ0v) is 19.6. The Morgan fingerprint density at radius 2 is 2.03 bits per heavy atom. The number of carbonyl (C=O) groups excluding carboxylic acids is 1. The van der Waals surface area contributed by atoms with E-state index in [-0.39, 0.29) is 28.0 Å². The molecule has 0 radical (unpaired) electrons. The summed E-state index contributed by atoms with van der Waals surface area (Å²) in [6.45, 7) is 0.00919. The minimum atomic E-state index is -4.82. The van der Waals surface area contributed by atoms with Crippen molar-refractivity contribution in [3.63, 3.8) is 0 Å². The summed E-state index contributed by atoms with van der Waals surface area (Å²) in [5.74, 6) is -0.653. The smallest absolute Gasteiger partial charge is 0.430 e. The molecule has 1 aromatic carbocycles. The first-order valence-electron chi connectivity index (χ1n) is 9.31. The minimum Gasteiger partial charge on any atom is -0.463 e. The van der Waals surface area contributed by atoms with E-state index < -0.39 is 34.2 Å². The maximum Gasteiger partial charge on any atom is 0.430 e. The maximum absolute atomic E-state index is 13.0. The standard InChI is InChI=1S/C19H22F3N5O4S2/c1-27(2)7-8-31-16(28)11-24-14(10-15(23)19(20,21)22)18-25-17(26-32-18)12-5-4-6-13(9-12)33(3,29)30/h4-6,9-10H,7-8,11,23H2,1-3H3/b15-10-,24-14?. The van der Waals surface area contributed by atoms with Crippen LogP contribution >= 0.6 is 11.5 Å². The van der Waals surface area contributed by atoms with Crippen molar-refractivity contribution in [2.45, 2.75) is 11.1 Å². The highest BCUT2D eigenvalue weighted by molar-refractivity contribution is 7.90. The van der Waals surface area contributed by atoms with Gasteiger partial charge in [-0.2, -0.15) is 17.5 Å². The third-order valence-electron chi connectivity index (χ3n) is 3.97. The molecule has 2 aromatic rings. The van der Waals surface area contributed by atoms with Crippen LogP contribution < -0.4 is 5.73 Å². The Labute approximate surface area is 192 Å². The highest BCUT2D eigenvalue weighted by atomic mass is 32.2. The fourth-order valence-electron chi connectivity index (χ4n) is 2.25. The monoisotopic (exact) mass is 505 g/mol. The zero-order chi connectivity index (χ0) is 24.8. The number of alkyl halides is 3. The molecule has 0 saturated carbocycles. The molecule has 0 aliphatic carbocycles. The predicted molar refractivity (Wildman–Crippen MR) is 118 cm³/mol. The van der Waals surface area contributed by atoms with E-state index in [1.165, 1.54) is 18.2 Å². The Hall–Kier alpha value is -2.84. The van der Waals surface area contributed by atoms with Gasteiger partial charge in [-0.15, -0.1) is 0 Å². The molecule has 0 atom stereocenters. The van der Waals surface area contributed by atoms with Crippen LogP contribution in [-0.2, 0) is 19.4 Å². The number of rotatable bonds is 9. The number of allylic oxidation sites excluding steroid dienone is 2. The molecule has 14 heteroatoms. The molecular weight excluding hydrogens is 483 g/mol. The highest BCUT2D eigenvalue weighted by Gasteiger charge is 2.32. The van der Waals surface area contributed by atoms with Crippen LogP contribution in [0.2, 0.25) is 0 Å². The number of aliphatic imine (C=N–C) groups is 1. The van der Waals surface area contributed by atoms with Crippen LogP contribution in [0.3, 0.4) is 0 Å². The van der Waals surface area contributed by atoms with Gasteiger partial charge < -0.3 is 15.4 Å². The highest BCUT2D eigenvalue weighted by Crippen LogP contribution is 2.24. The first-order chi connectivity index (χ1) is 15.3. The lowest BCUT2D eigenvalue weighted by Gasteiger charge is -2.09. The number of benzene rings is 1. The van der Waals surface area contributed by atoms with Gasteiger partial charge >= 0.3 is 12.1 Å². The number of hydrogen-bond acceptors (Lipinski definition) is 10. The molecule has 0 saturated heterocycles. The van der Waals surface area contributed by atoms with Crippen molar-refractivity contribution < 1.29 is 31.1 Å². The molecule has 1 heterocycles. The van der Waals surface area contributed by atoms with Crippen LogP contribution in [0, 0.1) is 0 Å². The second kappa shape index (κ2) is 10.9. The summed E-state index contributed by atoms with van der Waals surface area (Å²) in [4.78, 5) is 21.8. The average molecular weight is 506 g/mol. The molecule has 0 aliphatic heterocycles. The number of aromatic nitrogens is 2. The van der Waals surface area contributed by atoms with E-state index in [0.717, 1.165) is 17.8 Å². The van der Waals surface area contributed by atoms with Crippen LogP contribution in [0.5, 0.6) is 0 Å². The van der Waals surface area contributed by atoms with Crippen LogP contribution in [-0.4, -0.2) is 80.6 Å². The first kappa shape index (κ1) is 26.4. The molecule has 1 aromatic heterocycles. The molecule has 0 fully saturated rings. The topological polar surface area (TPSA) is 128 Å². The lowest BCUT2D eigenvalue weighted by Crippen LogP contribution is -2.22. The number of sulfone groups is 1. The zero-order valence-electron chi connectivity index (χ0n) is 18.0. The lowest BCUT2D eigenvalue weighted by molar-refractivity contribution is -0.142. The van der Waals surface area contributed by atoms with Crippen molar-refractivity contribution in [3.8, 4) is 11.4 Å². The van der Waals surface area contributed by atoms with E-state index in [9.17, 15) is 26.4 Å². The van der Waals surface area contributed by atoms with Crippen LogP contribution in [0.4, 0.5) is 13.2 Å². The minimum absolute atomic E-state index is 0.0342. The number of halogens is 3. The molecule has 0 unspecified atom stereocenters. The molecule has 2 rings (SSSR count). The first-order valence-corrected chi connectivity index (χ1v) is 12.0. The molecular formula is C19H22F3N5O4S2. The van der Waals surface area contributed by atoms with Crippen LogP contribution in [0.15, 0.2) is 45.9 Å². The normalized spacial score (nSPS) is 13.4. The molecule has 0 amide bonds. The van der Waals surface area contributed by atoms with Crippen LogP contribution in [0.25, 0.3) is 11.4 Å². The van der Waals surface area contributed by atoms with Gasteiger partial charge in [-0.05, 0) is 43.8 Å². The van der Waals surface area contributed by atoms with E-state index in [2.05, 4.69) is 14.3 Å². The number of nitrogens with two attached hydrogens (primary N) is 1. The second-order valence-electron chi connectivity index (χ2n) is 7.05. The summed E-state index contributed by atoms with van der Waals surface area (Å²) in [5, 5.41) is -0.0388. The lowest BCUT2D eigenvalue weighted by atomic mass is 10.2. The molecule has 0 aliphatic rings. The summed E-state index contributed by atoms with van der Waals surface area (Å²) in [6, 6.07) is 5.79. The van der Waals surface area contributed by atoms with Crippen LogP contribution in [0.1, 0.15) is 5.01 Å². The van der Waals surface area contributed by atoms with Crippen molar-refractivity contribution in [3.05, 3.63) is 41.0 Å². The SMILES string of the molecule is CN(C)CCOC(=O)CN=C(/C=C(\N)C(F)(F)F)c1nc(-c2cccc(S(C)(=O)=O)c2)ns1. The summed E-state index contributed by atoms with van der Waals surface area (Å²) >= 11 is 0.724. The van der Waals surface area contributed by atoms with Gasteiger partial charge in [0.05, 0.1) is 10.6 Å². The fourth-order valence-corrected chi connectivity index (χ4v) is 3.58. The number of carbonyl (C=O) groups is 1. The van der Waals surface area contributed by atoms with Gasteiger partial charge in [0.2, 0.25) is 0 Å². The van der Waals surface area contributed by atoms with Crippen molar-refractivity contribution in [1.82, 2.24) is 14.3 Å². The van der Waals surface area contributed by atoms with E-state index in [1.807, 2.05) is 0 Å². The number of ether oxygens (including phenoxy) is 1. The third kappa shape index (κ3) is 8.22. The quantitative estimate of drug-likeness (QED) is 0.404. The number of esters is 1. The van der Waals surface area contributed by atoms with E-state index in [0.29, 0.717) is 18.2 Å². The summed E-state index contributed by atoms with van der Waals surface area (Å²) in [6.07, 6.45) is -3.21. The fraction of sp³-hybridized carbons (Fsp3) is 0.368. The molecule has 9 nitrogen and oxygen atoms in total. The molecule has 0 spiro atoms. The van der Waals surface area contributed by atoms with Gasteiger partial charge in [-0.1, -0.05) is 12.1 Å². The van der Waals surface area contributed by atoms with Crippen molar-refractivity contribution in [2.75, 3.05) is 40.0 Å². The Morgan fingerprint density at radius 1 is 1.33 bits per heavy atom. The molecule has 180 valence electrons. The number of nitrogens with zero attached hydrogens (tertiary/aromatic N) is 4. The Bertz CT molecular complexity index is 1160. The Morgan fingerprint density at radius 3 is 2.64 bits per heavy atom. The van der Waals surface area contributed by atoms with Gasteiger partial charge in [0.25, 0.3) is 0 Å². The van der Waals surface area contributed by atoms with Crippen molar-refractivity contribution in [1.29, 1.82) is 0 Å². The summed E-state index contributed by atoms with van der Waals surface area (Å²) in [7, 11) is 0.0826. The van der Waals surface area contributed by atoms with Crippen molar-refractivity contribution in [2.24, 2.45) is 10.7 Å². The molecule has 2 N–H and O–H groups in total. The van der Waals surface area contributed by atoms with E-state index >= 15 is 0 Å². The molecule has 0 bridgehead atoms. The van der Waals surface area contributed by atoms with Gasteiger partial charge in [0.15, 0.2) is 20.7 Å².